The molecular formula is C11H20N6O3S. The maximum Gasteiger partial charge on any atom is 0.244 e. The van der Waals surface area contributed by atoms with Crippen LogP contribution >= 0.6 is 0 Å². The standard InChI is InChI=1S/C11H20N6O3S/c1-21(19,20)14-9-3-2-4-16(6-9)11(18)8-17-7-10(5-12)13-15-17/h7,9,14H,2-6,8,12H2,1H3. The van der Waals surface area contributed by atoms with Crippen LogP contribution in [0.15, 0.2) is 6.20 Å². The second-order valence-electron chi connectivity index (χ2n) is 5.18. The van der Waals surface area contributed by atoms with Crippen LogP contribution < -0.4 is 10.5 Å². The second kappa shape index (κ2) is 6.50. The molecule has 21 heavy (non-hydrogen) atoms. The van der Waals surface area contributed by atoms with Gasteiger partial charge in [-0.1, -0.05) is 5.21 Å². The zero-order chi connectivity index (χ0) is 15.5. The quantitative estimate of drug-likeness (QED) is 0.666. The molecule has 9 nitrogen and oxygen atoms in total. The highest BCUT2D eigenvalue weighted by Crippen LogP contribution is 2.11. The number of nitrogens with one attached hydrogen (secondary N) is 1. The van der Waals surface area contributed by atoms with Crippen molar-refractivity contribution in [2.75, 3.05) is 19.3 Å². The van der Waals surface area contributed by atoms with E-state index in [-0.39, 0.29) is 25.0 Å². The molecule has 1 atom stereocenters. The Labute approximate surface area is 123 Å². The molecule has 1 fully saturated rings. The SMILES string of the molecule is CS(=O)(=O)NC1CCCN(C(=O)Cn2cc(CN)nn2)C1. The van der Waals surface area contributed by atoms with Crippen LogP contribution in [-0.2, 0) is 27.9 Å². The Bertz CT molecular complexity index is 599. The molecular weight excluding hydrogens is 296 g/mol. The van der Waals surface area contributed by atoms with Gasteiger partial charge in [0.05, 0.1) is 18.1 Å². The smallest absolute Gasteiger partial charge is 0.244 e. The highest BCUT2D eigenvalue weighted by molar-refractivity contribution is 7.88. The lowest BCUT2D eigenvalue weighted by Crippen LogP contribution is -2.50. The Morgan fingerprint density at radius 1 is 1.57 bits per heavy atom. The van der Waals surface area contributed by atoms with Gasteiger partial charge in [-0.25, -0.2) is 17.8 Å². The number of amides is 1. The van der Waals surface area contributed by atoms with Crippen LogP contribution in [0.25, 0.3) is 0 Å². The molecule has 10 heteroatoms. The van der Waals surface area contributed by atoms with E-state index in [9.17, 15) is 13.2 Å². The van der Waals surface area contributed by atoms with E-state index < -0.39 is 10.0 Å². The van der Waals surface area contributed by atoms with Gasteiger partial charge in [0.1, 0.15) is 6.54 Å². The van der Waals surface area contributed by atoms with Gasteiger partial charge >= 0.3 is 0 Å². The van der Waals surface area contributed by atoms with Crippen LogP contribution in [0.1, 0.15) is 18.5 Å². The molecule has 0 radical (unpaired) electrons. The predicted molar refractivity (Wildman–Crippen MR) is 75.5 cm³/mol. The van der Waals surface area contributed by atoms with E-state index in [1.54, 1.807) is 11.1 Å². The number of aromatic nitrogens is 3. The van der Waals surface area contributed by atoms with Crippen LogP contribution in [0.5, 0.6) is 0 Å². The summed E-state index contributed by atoms with van der Waals surface area (Å²) in [7, 11) is -3.26. The van der Waals surface area contributed by atoms with Crippen LogP contribution in [0.4, 0.5) is 0 Å². The van der Waals surface area contributed by atoms with Gasteiger partial charge in [0.25, 0.3) is 0 Å². The molecule has 1 aromatic rings. The largest absolute Gasteiger partial charge is 0.339 e. The van der Waals surface area contributed by atoms with Crippen molar-refractivity contribution in [3.05, 3.63) is 11.9 Å². The molecule has 1 aliphatic rings. The fourth-order valence-electron chi connectivity index (χ4n) is 2.35. The van der Waals surface area contributed by atoms with Gasteiger partial charge in [-0.3, -0.25) is 4.79 Å². The zero-order valence-corrected chi connectivity index (χ0v) is 12.7. The number of carbonyl (C=O) groups excluding carboxylic acids is 1. The van der Waals surface area contributed by atoms with Crippen molar-refractivity contribution < 1.29 is 13.2 Å². The average molecular weight is 316 g/mol. The van der Waals surface area contributed by atoms with Crippen molar-refractivity contribution in [2.45, 2.75) is 32.0 Å². The molecule has 0 saturated carbocycles. The summed E-state index contributed by atoms with van der Waals surface area (Å²) < 4.78 is 26.5. The highest BCUT2D eigenvalue weighted by Gasteiger charge is 2.25. The van der Waals surface area contributed by atoms with Gasteiger partial charge in [0.15, 0.2) is 0 Å². The van der Waals surface area contributed by atoms with Crippen molar-refractivity contribution in [1.29, 1.82) is 0 Å². The lowest BCUT2D eigenvalue weighted by atomic mass is 10.1. The number of sulfonamides is 1. The number of carbonyl (C=O) groups is 1. The Kier molecular flexibility index (Phi) is 4.91. The summed E-state index contributed by atoms with van der Waals surface area (Å²) in [6.07, 6.45) is 4.26. The van der Waals surface area contributed by atoms with Crippen LogP contribution in [0.3, 0.4) is 0 Å². The van der Waals surface area contributed by atoms with Crippen molar-refractivity contribution in [3.8, 4) is 0 Å². The van der Waals surface area contributed by atoms with E-state index in [0.29, 0.717) is 18.8 Å². The third kappa shape index (κ3) is 4.76. The van der Waals surface area contributed by atoms with Gasteiger partial charge in [0.2, 0.25) is 15.9 Å². The molecule has 1 amide bonds. The highest BCUT2D eigenvalue weighted by atomic mass is 32.2. The fourth-order valence-corrected chi connectivity index (χ4v) is 3.15. The van der Waals surface area contributed by atoms with Gasteiger partial charge < -0.3 is 10.6 Å². The first kappa shape index (κ1) is 15.9. The molecule has 1 aromatic heterocycles. The Hall–Kier alpha value is -1.52. The van der Waals surface area contributed by atoms with Gasteiger partial charge in [-0.2, -0.15) is 0 Å². The number of hydrogen-bond acceptors (Lipinski definition) is 6. The summed E-state index contributed by atoms with van der Waals surface area (Å²) in [5.74, 6) is -0.108. The maximum absolute atomic E-state index is 12.2. The van der Waals surface area contributed by atoms with E-state index in [4.69, 9.17) is 5.73 Å². The second-order valence-corrected chi connectivity index (χ2v) is 6.96. The predicted octanol–water partition coefficient (Wildman–Crippen LogP) is -1.72. The summed E-state index contributed by atoms with van der Waals surface area (Å²) >= 11 is 0. The van der Waals surface area contributed by atoms with Gasteiger partial charge in [0, 0.05) is 25.7 Å². The van der Waals surface area contributed by atoms with Crippen molar-refractivity contribution in [2.24, 2.45) is 5.73 Å². The molecule has 0 bridgehead atoms. The first-order valence-electron chi connectivity index (χ1n) is 6.71. The number of nitrogens with two attached hydrogens (primary N) is 1. The number of piperidine rings is 1. The first-order chi connectivity index (χ1) is 9.87. The van der Waals surface area contributed by atoms with E-state index in [2.05, 4.69) is 15.0 Å². The molecule has 1 aliphatic heterocycles. The van der Waals surface area contributed by atoms with E-state index >= 15 is 0 Å². The lowest BCUT2D eigenvalue weighted by molar-refractivity contribution is -0.133. The summed E-state index contributed by atoms with van der Waals surface area (Å²) in [5.41, 5.74) is 6.06. The topological polar surface area (TPSA) is 123 Å². The molecule has 1 unspecified atom stereocenters. The summed E-state index contributed by atoms with van der Waals surface area (Å²) in [6, 6.07) is -0.229. The molecule has 0 spiro atoms. The minimum absolute atomic E-state index is 0.0819. The van der Waals surface area contributed by atoms with E-state index in [1.165, 1.54) is 4.68 Å². The normalized spacial score (nSPS) is 19.7. The average Bonchev–Trinajstić information content (AvgIpc) is 2.84. The maximum atomic E-state index is 12.2. The summed E-state index contributed by atoms with van der Waals surface area (Å²) in [5, 5.41) is 7.65. The number of rotatable bonds is 5. The molecule has 3 N–H and O–H groups in total. The first-order valence-corrected chi connectivity index (χ1v) is 8.60. The van der Waals surface area contributed by atoms with Crippen LogP contribution in [0, 0.1) is 0 Å². The minimum atomic E-state index is -3.26. The van der Waals surface area contributed by atoms with Gasteiger partial charge in [-0.05, 0) is 12.8 Å². The Balaban J connectivity index is 1.92. The molecule has 118 valence electrons. The fraction of sp³-hybridized carbons (Fsp3) is 0.727. The Morgan fingerprint density at radius 3 is 2.95 bits per heavy atom. The third-order valence-electron chi connectivity index (χ3n) is 3.25. The summed E-state index contributed by atoms with van der Waals surface area (Å²) in [6.45, 7) is 1.36. The Morgan fingerprint density at radius 2 is 2.33 bits per heavy atom. The number of hydrogen-bond donors (Lipinski definition) is 2. The van der Waals surface area contributed by atoms with Crippen molar-refractivity contribution >= 4 is 15.9 Å². The summed E-state index contributed by atoms with van der Waals surface area (Å²) in [4.78, 5) is 13.9. The zero-order valence-electron chi connectivity index (χ0n) is 11.9. The number of nitrogens with zero attached hydrogens (tertiary/aromatic N) is 4. The third-order valence-corrected chi connectivity index (χ3v) is 4.01. The number of likely N-dealkylation sites (tertiary alicyclic amines) is 1. The van der Waals surface area contributed by atoms with Crippen LogP contribution in [-0.4, -0.2) is 59.6 Å². The molecule has 1 saturated heterocycles. The molecule has 2 heterocycles. The molecule has 0 aliphatic carbocycles. The van der Waals surface area contributed by atoms with Gasteiger partial charge in [-0.15, -0.1) is 5.10 Å². The monoisotopic (exact) mass is 316 g/mol. The van der Waals surface area contributed by atoms with E-state index in [1.807, 2.05) is 0 Å². The molecule has 2 rings (SSSR count). The van der Waals surface area contributed by atoms with Crippen molar-refractivity contribution in [3.63, 3.8) is 0 Å². The van der Waals surface area contributed by atoms with Crippen molar-refractivity contribution in [1.82, 2.24) is 24.6 Å². The van der Waals surface area contributed by atoms with E-state index in [0.717, 1.165) is 19.1 Å². The minimum Gasteiger partial charge on any atom is -0.339 e. The lowest BCUT2D eigenvalue weighted by Gasteiger charge is -2.32. The molecule has 0 aromatic carbocycles. The van der Waals surface area contributed by atoms with Crippen LogP contribution in [0.2, 0.25) is 0 Å².